The highest BCUT2D eigenvalue weighted by Crippen LogP contribution is 2.21. The zero-order valence-electron chi connectivity index (χ0n) is 13.1. The van der Waals surface area contributed by atoms with E-state index in [0.29, 0.717) is 0 Å². The minimum atomic E-state index is 1.26. The largest absolute Gasteiger partial charge is 0.105 e. The molecule has 0 aliphatic carbocycles. The topological polar surface area (TPSA) is 0 Å². The molecule has 1 aromatic rings. The molecule has 0 aliphatic heterocycles. The molecule has 0 aromatic heterocycles. The molecule has 0 heterocycles. The van der Waals surface area contributed by atoms with Gasteiger partial charge in [-0.3, -0.25) is 0 Å². The fourth-order valence-corrected chi connectivity index (χ4v) is 3.09. The number of unbranched alkanes of at least 4 members (excludes halogenated alkanes) is 3. The average molecular weight is 278 g/mol. The highest BCUT2D eigenvalue weighted by molar-refractivity contribution is 7.27. The van der Waals surface area contributed by atoms with Crippen LogP contribution in [0.1, 0.15) is 76.0 Å². The van der Waals surface area contributed by atoms with E-state index >= 15 is 0 Å². The lowest BCUT2D eigenvalue weighted by Gasteiger charge is -2.17. The molecule has 0 radical (unpaired) electrons. The fourth-order valence-electron chi connectivity index (χ4n) is 2.67. The van der Waals surface area contributed by atoms with Crippen LogP contribution in [0.2, 0.25) is 0 Å². The van der Waals surface area contributed by atoms with Crippen LogP contribution < -0.4 is 5.30 Å². The van der Waals surface area contributed by atoms with Crippen molar-refractivity contribution in [2.45, 2.75) is 78.6 Å². The predicted molar refractivity (Wildman–Crippen MR) is 91.6 cm³/mol. The quantitative estimate of drug-likeness (QED) is 0.544. The normalized spacial score (nSPS) is 10.9. The molecule has 0 nitrogen and oxygen atoms in total. The van der Waals surface area contributed by atoms with E-state index in [4.69, 9.17) is 0 Å². The maximum atomic E-state index is 2.95. The Morgan fingerprint density at radius 1 is 0.737 bits per heavy atom. The summed E-state index contributed by atoms with van der Waals surface area (Å²) in [5.74, 6) is 0. The highest BCUT2D eigenvalue weighted by Gasteiger charge is 2.10. The van der Waals surface area contributed by atoms with Crippen molar-refractivity contribution in [3.8, 4) is 0 Å². The summed E-state index contributed by atoms with van der Waals surface area (Å²) in [6, 6.07) is 4.69. The summed E-state index contributed by atoms with van der Waals surface area (Å²) in [6.45, 7) is 6.87. The van der Waals surface area contributed by atoms with Crippen molar-refractivity contribution >= 4 is 14.5 Å². The molecule has 0 saturated heterocycles. The molecule has 1 heteroatoms. The van der Waals surface area contributed by atoms with Crippen LogP contribution in [-0.2, 0) is 19.3 Å². The van der Waals surface area contributed by atoms with Gasteiger partial charge in [0, 0.05) is 0 Å². The minimum absolute atomic E-state index is 1.26. The summed E-state index contributed by atoms with van der Waals surface area (Å²) in [5.41, 5.74) is 4.93. The summed E-state index contributed by atoms with van der Waals surface area (Å²) in [6.07, 6.45) is 11.6. The van der Waals surface area contributed by atoms with Gasteiger partial charge in [0.15, 0.2) is 0 Å². The molecule has 108 valence electrons. The molecule has 0 aliphatic rings. The van der Waals surface area contributed by atoms with Gasteiger partial charge in [0.05, 0.1) is 0 Å². The summed E-state index contributed by atoms with van der Waals surface area (Å²) in [7, 11) is 2.95. The van der Waals surface area contributed by atoms with Crippen molar-refractivity contribution in [3.05, 3.63) is 28.8 Å². The maximum Gasteiger partial charge on any atom is -0.0268 e. The van der Waals surface area contributed by atoms with E-state index in [-0.39, 0.29) is 0 Å². The van der Waals surface area contributed by atoms with Gasteiger partial charge in [-0.05, 0) is 60.5 Å². The smallest absolute Gasteiger partial charge is 0.0268 e. The van der Waals surface area contributed by atoms with Gasteiger partial charge < -0.3 is 0 Å². The van der Waals surface area contributed by atoms with Gasteiger partial charge in [-0.2, -0.15) is 0 Å². The Morgan fingerprint density at radius 3 is 1.84 bits per heavy atom. The molecule has 1 aromatic carbocycles. The molecule has 19 heavy (non-hydrogen) atoms. The van der Waals surface area contributed by atoms with Crippen molar-refractivity contribution in [2.24, 2.45) is 0 Å². The number of hydrogen-bond acceptors (Lipinski definition) is 0. The van der Waals surface area contributed by atoms with Crippen molar-refractivity contribution in [1.29, 1.82) is 0 Å². The molecule has 0 saturated carbocycles. The predicted octanol–water partition coefficient (Wildman–Crippen LogP) is 5.21. The highest BCUT2D eigenvalue weighted by atomic mass is 31.0. The van der Waals surface area contributed by atoms with Gasteiger partial charge in [0.1, 0.15) is 0 Å². The first kappa shape index (κ1) is 16.7. The molecular weight excluding hydrogens is 247 g/mol. The van der Waals surface area contributed by atoms with Gasteiger partial charge in [-0.15, -0.1) is 9.24 Å². The van der Waals surface area contributed by atoms with E-state index in [1.165, 1.54) is 63.1 Å². The Morgan fingerprint density at radius 2 is 1.26 bits per heavy atom. The van der Waals surface area contributed by atoms with Crippen molar-refractivity contribution in [1.82, 2.24) is 0 Å². The molecule has 0 spiro atoms. The van der Waals surface area contributed by atoms with E-state index in [1.54, 1.807) is 16.7 Å². The molecule has 0 amide bonds. The van der Waals surface area contributed by atoms with Crippen molar-refractivity contribution in [3.63, 3.8) is 0 Å². The van der Waals surface area contributed by atoms with Crippen LogP contribution in [-0.4, -0.2) is 0 Å². The summed E-state index contributed by atoms with van der Waals surface area (Å²) in [5, 5.41) is 1.43. The maximum absolute atomic E-state index is 2.95. The zero-order chi connectivity index (χ0) is 14.1. The van der Waals surface area contributed by atoms with Crippen molar-refractivity contribution in [2.75, 3.05) is 0 Å². The lowest BCUT2D eigenvalue weighted by atomic mass is 9.91. The van der Waals surface area contributed by atoms with Gasteiger partial charge in [0.2, 0.25) is 0 Å². The van der Waals surface area contributed by atoms with Gasteiger partial charge in [0.25, 0.3) is 0 Å². The monoisotopic (exact) mass is 278 g/mol. The fraction of sp³-hybridized carbons (Fsp3) is 0.667. The Bertz CT molecular complexity index is 368. The molecule has 0 bridgehead atoms. The molecule has 1 unspecified atom stereocenters. The van der Waals surface area contributed by atoms with Gasteiger partial charge in [-0.25, -0.2) is 0 Å². The standard InChI is InChI=1S/C18H31P/c1-4-7-10-15-13-14-18(19)17(12-9-6-3)16(15)11-8-5-2/h13-14H,4-12,19H2,1-3H3. The Hall–Kier alpha value is -0.350. The molecule has 1 atom stereocenters. The third-order valence-corrected chi connectivity index (χ3v) is 4.47. The van der Waals surface area contributed by atoms with E-state index in [2.05, 4.69) is 42.1 Å². The summed E-state index contributed by atoms with van der Waals surface area (Å²) in [4.78, 5) is 0. The third-order valence-electron chi connectivity index (χ3n) is 3.92. The molecule has 1 rings (SSSR count). The first-order valence-corrected chi connectivity index (χ1v) is 8.71. The van der Waals surface area contributed by atoms with Gasteiger partial charge in [-0.1, -0.05) is 52.2 Å². The molecule has 0 fully saturated rings. The molecular formula is C18H31P. The number of aryl methyl sites for hydroxylation is 1. The number of hydrogen-bond donors (Lipinski definition) is 0. The van der Waals surface area contributed by atoms with Gasteiger partial charge >= 0.3 is 0 Å². The second kappa shape index (κ2) is 9.54. The Kier molecular flexibility index (Phi) is 8.38. The second-order valence-electron chi connectivity index (χ2n) is 5.58. The minimum Gasteiger partial charge on any atom is -0.105 e. The zero-order valence-corrected chi connectivity index (χ0v) is 14.3. The molecule has 0 N–H and O–H groups in total. The lowest BCUT2D eigenvalue weighted by molar-refractivity contribution is 0.737. The van der Waals surface area contributed by atoms with E-state index in [0.717, 1.165) is 0 Å². The van der Waals surface area contributed by atoms with Crippen molar-refractivity contribution < 1.29 is 0 Å². The average Bonchev–Trinajstić information content (AvgIpc) is 2.42. The second-order valence-corrected chi connectivity index (χ2v) is 6.20. The first-order chi connectivity index (χ1) is 9.24. The number of benzene rings is 1. The van der Waals surface area contributed by atoms with E-state index in [1.807, 2.05) is 0 Å². The van der Waals surface area contributed by atoms with Crippen LogP contribution in [0.25, 0.3) is 0 Å². The lowest BCUT2D eigenvalue weighted by Crippen LogP contribution is -2.10. The Labute approximate surface area is 122 Å². The van der Waals surface area contributed by atoms with E-state index < -0.39 is 0 Å². The van der Waals surface area contributed by atoms with Crippen LogP contribution in [0.4, 0.5) is 0 Å². The number of rotatable bonds is 9. The third kappa shape index (κ3) is 5.27. The Balaban J connectivity index is 3.00. The van der Waals surface area contributed by atoms with Crippen LogP contribution in [0.15, 0.2) is 12.1 Å². The van der Waals surface area contributed by atoms with Crippen LogP contribution in [0.3, 0.4) is 0 Å². The van der Waals surface area contributed by atoms with Crippen LogP contribution in [0, 0.1) is 0 Å². The summed E-state index contributed by atoms with van der Waals surface area (Å²) < 4.78 is 0. The van der Waals surface area contributed by atoms with Crippen LogP contribution in [0.5, 0.6) is 0 Å². The van der Waals surface area contributed by atoms with Crippen LogP contribution >= 0.6 is 9.24 Å². The summed E-state index contributed by atoms with van der Waals surface area (Å²) >= 11 is 0. The SMILES string of the molecule is CCCCc1ccc(P)c(CCCC)c1CCCC. The first-order valence-electron chi connectivity index (χ1n) is 8.13. The van der Waals surface area contributed by atoms with E-state index in [9.17, 15) is 0 Å².